The van der Waals surface area contributed by atoms with Crippen molar-refractivity contribution in [3.05, 3.63) is 53.1 Å². The van der Waals surface area contributed by atoms with Crippen LogP contribution in [0.1, 0.15) is 0 Å². The monoisotopic (exact) mass is 308 g/mol. The number of halogens is 6. The van der Waals surface area contributed by atoms with Crippen LogP contribution in [0.15, 0.2) is 36.4 Å². The lowest BCUT2D eigenvalue weighted by atomic mass is 10.0. The zero-order valence-electron chi connectivity index (χ0n) is 9.64. The fourth-order valence-electron chi connectivity index (χ4n) is 1.62. The number of hydrogen-bond donors (Lipinski definition) is 0. The van der Waals surface area contributed by atoms with Crippen molar-refractivity contribution in [2.75, 3.05) is 0 Å². The first-order valence-corrected chi connectivity index (χ1v) is 5.65. The van der Waals surface area contributed by atoms with Gasteiger partial charge in [-0.2, -0.15) is 0 Å². The van der Waals surface area contributed by atoms with Crippen molar-refractivity contribution in [1.29, 1.82) is 0 Å². The quantitative estimate of drug-likeness (QED) is 0.694. The molecule has 106 valence electrons. The van der Waals surface area contributed by atoms with Crippen molar-refractivity contribution >= 4 is 11.6 Å². The van der Waals surface area contributed by atoms with E-state index in [9.17, 15) is 22.0 Å². The third kappa shape index (κ3) is 3.19. The van der Waals surface area contributed by atoms with Gasteiger partial charge in [0, 0.05) is 16.1 Å². The van der Waals surface area contributed by atoms with Gasteiger partial charge in [0.1, 0.15) is 5.75 Å². The molecule has 1 nitrogen and oxygen atoms in total. The molecule has 0 spiro atoms. The SMILES string of the molecule is Fc1cccc(-c2cc(OC(F)(F)F)ccc2Cl)c1F. The van der Waals surface area contributed by atoms with Gasteiger partial charge in [0.2, 0.25) is 0 Å². The largest absolute Gasteiger partial charge is 0.573 e. The molecule has 0 N–H and O–H groups in total. The van der Waals surface area contributed by atoms with Gasteiger partial charge >= 0.3 is 6.36 Å². The molecule has 0 aromatic heterocycles. The van der Waals surface area contributed by atoms with Gasteiger partial charge in [0.25, 0.3) is 0 Å². The first kappa shape index (κ1) is 14.6. The molecule has 0 aliphatic carbocycles. The van der Waals surface area contributed by atoms with Gasteiger partial charge in [0.05, 0.1) is 0 Å². The lowest BCUT2D eigenvalue weighted by molar-refractivity contribution is -0.274. The van der Waals surface area contributed by atoms with Gasteiger partial charge in [-0.3, -0.25) is 0 Å². The minimum absolute atomic E-state index is 0.0241. The molecule has 20 heavy (non-hydrogen) atoms. The molecule has 0 atom stereocenters. The van der Waals surface area contributed by atoms with Crippen LogP contribution in [-0.4, -0.2) is 6.36 Å². The Morgan fingerprint density at radius 2 is 1.65 bits per heavy atom. The second kappa shape index (κ2) is 5.28. The lowest BCUT2D eigenvalue weighted by Gasteiger charge is -2.12. The van der Waals surface area contributed by atoms with Gasteiger partial charge in [-0.1, -0.05) is 23.7 Å². The molecular weight excluding hydrogens is 303 g/mol. The van der Waals surface area contributed by atoms with Crippen molar-refractivity contribution in [2.45, 2.75) is 6.36 Å². The van der Waals surface area contributed by atoms with Crippen LogP contribution in [0, 0.1) is 11.6 Å². The lowest BCUT2D eigenvalue weighted by Crippen LogP contribution is -2.17. The molecule has 0 heterocycles. The normalized spacial score (nSPS) is 11.5. The van der Waals surface area contributed by atoms with Crippen LogP contribution in [0.4, 0.5) is 22.0 Å². The van der Waals surface area contributed by atoms with Gasteiger partial charge in [-0.05, 0) is 24.3 Å². The standard InChI is InChI=1S/C13H6ClF5O/c14-10-5-4-7(20-13(17,18)19)6-9(10)8-2-1-3-11(15)12(8)16/h1-6H. The summed E-state index contributed by atoms with van der Waals surface area (Å²) in [5.74, 6) is -2.89. The van der Waals surface area contributed by atoms with E-state index in [1.165, 1.54) is 12.1 Å². The second-order valence-electron chi connectivity index (χ2n) is 3.79. The molecule has 0 amide bonds. The van der Waals surface area contributed by atoms with E-state index in [-0.39, 0.29) is 16.1 Å². The van der Waals surface area contributed by atoms with Crippen molar-refractivity contribution in [3.63, 3.8) is 0 Å². The topological polar surface area (TPSA) is 9.23 Å². The highest BCUT2D eigenvalue weighted by molar-refractivity contribution is 6.33. The average molecular weight is 309 g/mol. The van der Waals surface area contributed by atoms with Gasteiger partial charge < -0.3 is 4.74 Å². The second-order valence-corrected chi connectivity index (χ2v) is 4.20. The zero-order valence-corrected chi connectivity index (χ0v) is 10.4. The smallest absolute Gasteiger partial charge is 0.406 e. The summed E-state index contributed by atoms with van der Waals surface area (Å²) in [6.07, 6.45) is -4.88. The molecule has 2 rings (SSSR count). The number of benzene rings is 2. The molecule has 7 heteroatoms. The summed E-state index contributed by atoms with van der Waals surface area (Å²) in [7, 11) is 0. The third-order valence-electron chi connectivity index (χ3n) is 2.41. The Morgan fingerprint density at radius 3 is 2.30 bits per heavy atom. The van der Waals surface area contributed by atoms with E-state index in [1.807, 2.05) is 0 Å². The van der Waals surface area contributed by atoms with E-state index < -0.39 is 23.7 Å². The molecule has 0 saturated carbocycles. The van der Waals surface area contributed by atoms with Crippen molar-refractivity contribution in [2.24, 2.45) is 0 Å². The van der Waals surface area contributed by atoms with Crippen LogP contribution >= 0.6 is 11.6 Å². The summed E-state index contributed by atoms with van der Waals surface area (Å²) >= 11 is 5.80. The number of alkyl halides is 3. The highest BCUT2D eigenvalue weighted by Gasteiger charge is 2.31. The molecule has 0 aliphatic heterocycles. The van der Waals surface area contributed by atoms with Crippen LogP contribution in [0.25, 0.3) is 11.1 Å². The Bertz CT molecular complexity index is 639. The molecule has 0 unspecified atom stereocenters. The highest BCUT2D eigenvalue weighted by Crippen LogP contribution is 2.35. The van der Waals surface area contributed by atoms with Gasteiger partial charge in [-0.25, -0.2) is 8.78 Å². The summed E-state index contributed by atoms with van der Waals surface area (Å²) in [5, 5.41) is -0.0241. The third-order valence-corrected chi connectivity index (χ3v) is 2.74. The molecular formula is C13H6ClF5O. The number of hydrogen-bond acceptors (Lipinski definition) is 1. The van der Waals surface area contributed by atoms with E-state index in [0.717, 1.165) is 24.3 Å². The molecule has 2 aromatic carbocycles. The minimum Gasteiger partial charge on any atom is -0.406 e. The maximum absolute atomic E-state index is 13.6. The van der Waals surface area contributed by atoms with Gasteiger partial charge in [0.15, 0.2) is 11.6 Å². The van der Waals surface area contributed by atoms with E-state index in [4.69, 9.17) is 11.6 Å². The molecule has 2 aromatic rings. The summed E-state index contributed by atoms with van der Waals surface area (Å²) in [6, 6.07) is 6.31. The van der Waals surface area contributed by atoms with Crippen molar-refractivity contribution in [1.82, 2.24) is 0 Å². The number of rotatable bonds is 2. The maximum Gasteiger partial charge on any atom is 0.573 e. The number of ether oxygens (including phenoxy) is 1. The summed E-state index contributed by atoms with van der Waals surface area (Å²) in [6.45, 7) is 0. The van der Waals surface area contributed by atoms with E-state index in [1.54, 1.807) is 0 Å². The Kier molecular flexibility index (Phi) is 3.85. The predicted octanol–water partition coefficient (Wildman–Crippen LogP) is 5.18. The Balaban J connectivity index is 2.51. The summed E-state index contributed by atoms with van der Waals surface area (Å²) < 4.78 is 66.9. The summed E-state index contributed by atoms with van der Waals surface area (Å²) in [5.41, 5.74) is -0.340. The Hall–Kier alpha value is -1.82. The molecule has 0 saturated heterocycles. The van der Waals surface area contributed by atoms with Crippen LogP contribution in [0.5, 0.6) is 5.75 Å². The van der Waals surface area contributed by atoms with Crippen molar-refractivity contribution in [3.8, 4) is 16.9 Å². The van der Waals surface area contributed by atoms with Crippen LogP contribution in [-0.2, 0) is 0 Å². The molecule has 0 fully saturated rings. The summed E-state index contributed by atoms with van der Waals surface area (Å²) in [4.78, 5) is 0. The van der Waals surface area contributed by atoms with Crippen LogP contribution < -0.4 is 4.74 Å². The average Bonchev–Trinajstić information content (AvgIpc) is 2.34. The Labute approximate surface area is 115 Å². The van der Waals surface area contributed by atoms with E-state index in [0.29, 0.717) is 0 Å². The minimum atomic E-state index is -4.88. The molecule has 0 radical (unpaired) electrons. The van der Waals surface area contributed by atoms with Crippen LogP contribution in [0.2, 0.25) is 5.02 Å². The first-order chi connectivity index (χ1) is 9.28. The van der Waals surface area contributed by atoms with Crippen LogP contribution in [0.3, 0.4) is 0 Å². The maximum atomic E-state index is 13.6. The van der Waals surface area contributed by atoms with E-state index in [2.05, 4.69) is 4.74 Å². The van der Waals surface area contributed by atoms with E-state index >= 15 is 0 Å². The van der Waals surface area contributed by atoms with Gasteiger partial charge in [-0.15, -0.1) is 13.2 Å². The highest BCUT2D eigenvalue weighted by atomic mass is 35.5. The fourth-order valence-corrected chi connectivity index (χ4v) is 1.84. The zero-order chi connectivity index (χ0) is 14.9. The fraction of sp³-hybridized carbons (Fsp3) is 0.0769. The predicted molar refractivity (Wildman–Crippen MR) is 63.5 cm³/mol. The molecule has 0 aliphatic rings. The Morgan fingerprint density at radius 1 is 0.950 bits per heavy atom. The molecule has 0 bridgehead atoms. The first-order valence-electron chi connectivity index (χ1n) is 5.27. The van der Waals surface area contributed by atoms with Crippen molar-refractivity contribution < 1.29 is 26.7 Å².